The van der Waals surface area contributed by atoms with Gasteiger partial charge in [-0.2, -0.15) is 13.7 Å². The van der Waals surface area contributed by atoms with Crippen LogP contribution in [0.1, 0.15) is 17.0 Å². The number of hydrazone groups is 1. The van der Waals surface area contributed by atoms with Gasteiger partial charge in [-0.25, -0.2) is 22.3 Å². The van der Waals surface area contributed by atoms with Crippen LogP contribution in [0.15, 0.2) is 106 Å². The summed E-state index contributed by atoms with van der Waals surface area (Å²) >= 11 is 6.18. The van der Waals surface area contributed by atoms with Crippen LogP contribution in [-0.2, 0) is 24.8 Å². The smallest absolute Gasteiger partial charge is 0.259 e. The minimum atomic E-state index is -4.13. The summed E-state index contributed by atoms with van der Waals surface area (Å²) < 4.78 is 58.1. The molecule has 224 valence electrons. The first kappa shape index (κ1) is 30.6. The number of piperazine rings is 1. The lowest BCUT2D eigenvalue weighted by atomic mass is 10.2. The van der Waals surface area contributed by atoms with Crippen molar-refractivity contribution >= 4 is 43.8 Å². The summed E-state index contributed by atoms with van der Waals surface area (Å²) in [6, 6.07) is 23.5. The summed E-state index contributed by atoms with van der Waals surface area (Å²) in [5.74, 6) is -0.757. The van der Waals surface area contributed by atoms with Gasteiger partial charge in [-0.15, -0.1) is 0 Å². The largest absolute Gasteiger partial charge is 0.318 e. The lowest BCUT2D eigenvalue weighted by Crippen LogP contribution is -2.60. The number of hydrogen-bond acceptors (Lipinski definition) is 6. The number of sulfonamides is 2. The van der Waals surface area contributed by atoms with Crippen molar-refractivity contribution in [1.82, 2.24) is 18.6 Å². The molecular formula is C30H30ClN5O5S2. The summed E-state index contributed by atoms with van der Waals surface area (Å²) in [4.78, 5) is 13.6. The molecule has 13 heteroatoms. The highest BCUT2D eigenvalue weighted by Crippen LogP contribution is 2.26. The number of aryl methyl sites for hydroxylation is 1. The van der Waals surface area contributed by atoms with Crippen molar-refractivity contribution in [1.29, 1.82) is 0 Å². The van der Waals surface area contributed by atoms with Crippen LogP contribution < -0.4 is 5.43 Å². The van der Waals surface area contributed by atoms with Gasteiger partial charge in [0.1, 0.15) is 6.04 Å². The van der Waals surface area contributed by atoms with Gasteiger partial charge in [0.05, 0.1) is 16.0 Å². The Morgan fingerprint density at radius 2 is 1.49 bits per heavy atom. The maximum Gasteiger partial charge on any atom is 0.259 e. The summed E-state index contributed by atoms with van der Waals surface area (Å²) in [5, 5.41) is 4.72. The number of hydrogen-bond donors (Lipinski definition) is 1. The highest BCUT2D eigenvalue weighted by molar-refractivity contribution is 7.89. The summed E-state index contributed by atoms with van der Waals surface area (Å²) in [7, 11) is -8.11. The van der Waals surface area contributed by atoms with E-state index in [0.29, 0.717) is 5.02 Å². The van der Waals surface area contributed by atoms with Gasteiger partial charge < -0.3 is 4.57 Å². The zero-order valence-electron chi connectivity index (χ0n) is 23.5. The summed E-state index contributed by atoms with van der Waals surface area (Å²) in [6.45, 7) is 3.12. The molecule has 4 aromatic rings. The van der Waals surface area contributed by atoms with E-state index in [9.17, 15) is 21.6 Å². The standard InChI is InChI=1S/C30H30ClN5O5S2/c1-22-18-24(23(2)36(22)26-11-9-10-25(31)19-26)20-32-33-30(37)29-21-34(42(38,39)27-12-5-3-6-13-27)16-17-35(29)43(40,41)28-14-7-4-8-15-28/h3-15,18-20,29H,16-17,21H2,1-2H3,(H,33,37)/b32-20+. The van der Waals surface area contributed by atoms with Gasteiger partial charge in [-0.1, -0.05) is 54.1 Å². The molecule has 0 aliphatic carbocycles. The maximum atomic E-state index is 13.6. The van der Waals surface area contributed by atoms with Crippen LogP contribution in [0.25, 0.3) is 5.69 Å². The van der Waals surface area contributed by atoms with Crippen molar-refractivity contribution in [3.63, 3.8) is 0 Å². The van der Waals surface area contributed by atoms with Crippen LogP contribution >= 0.6 is 11.6 Å². The second-order valence-corrected chi connectivity index (χ2v) is 14.3. The Labute approximate surface area is 256 Å². The Morgan fingerprint density at radius 3 is 2.12 bits per heavy atom. The SMILES string of the molecule is Cc1cc(/C=N/NC(=O)C2CN(S(=O)(=O)c3ccccc3)CCN2S(=O)(=O)c2ccccc2)c(C)n1-c1cccc(Cl)c1. The first-order valence-corrected chi connectivity index (χ1v) is 16.7. The number of carbonyl (C=O) groups excluding carboxylic acids is 1. The first-order chi connectivity index (χ1) is 20.5. The zero-order valence-corrected chi connectivity index (χ0v) is 25.8. The molecule has 1 fully saturated rings. The first-order valence-electron chi connectivity index (χ1n) is 13.4. The highest BCUT2D eigenvalue weighted by atomic mass is 35.5. The van der Waals surface area contributed by atoms with E-state index in [1.807, 2.05) is 42.7 Å². The molecule has 43 heavy (non-hydrogen) atoms. The molecule has 1 unspecified atom stereocenters. The predicted molar refractivity (Wildman–Crippen MR) is 165 cm³/mol. The molecule has 10 nitrogen and oxygen atoms in total. The Balaban J connectivity index is 1.42. The molecule has 1 aliphatic heterocycles. The topological polar surface area (TPSA) is 121 Å². The third kappa shape index (κ3) is 6.29. The van der Waals surface area contributed by atoms with Crippen LogP contribution in [0.5, 0.6) is 0 Å². The Hall–Kier alpha value is -3.81. The molecule has 1 aliphatic rings. The van der Waals surface area contributed by atoms with E-state index in [4.69, 9.17) is 11.6 Å². The number of carbonyl (C=O) groups is 1. The van der Waals surface area contributed by atoms with Gasteiger partial charge in [0.15, 0.2) is 0 Å². The molecule has 0 radical (unpaired) electrons. The van der Waals surface area contributed by atoms with Crippen molar-refractivity contribution in [3.8, 4) is 5.69 Å². The minimum Gasteiger partial charge on any atom is -0.318 e. The fourth-order valence-corrected chi connectivity index (χ4v) is 8.34. The second kappa shape index (κ2) is 12.4. The monoisotopic (exact) mass is 639 g/mol. The number of halogens is 1. The van der Waals surface area contributed by atoms with E-state index < -0.39 is 32.0 Å². The summed E-state index contributed by atoms with van der Waals surface area (Å²) in [6.07, 6.45) is 1.47. The summed E-state index contributed by atoms with van der Waals surface area (Å²) in [5.41, 5.74) is 5.81. The van der Waals surface area contributed by atoms with Gasteiger partial charge in [0.2, 0.25) is 20.0 Å². The van der Waals surface area contributed by atoms with Crippen LogP contribution in [0.2, 0.25) is 5.02 Å². The third-order valence-corrected chi connectivity index (χ3v) is 11.3. The lowest BCUT2D eigenvalue weighted by Gasteiger charge is -2.38. The van der Waals surface area contributed by atoms with Crippen LogP contribution in [0.4, 0.5) is 0 Å². The second-order valence-electron chi connectivity index (χ2n) is 10.00. The van der Waals surface area contributed by atoms with Crippen molar-refractivity contribution in [2.24, 2.45) is 5.10 Å². The Bertz CT molecular complexity index is 1880. The molecule has 0 spiro atoms. The van der Waals surface area contributed by atoms with Crippen molar-refractivity contribution in [2.75, 3.05) is 19.6 Å². The molecule has 0 saturated carbocycles. The molecule has 3 aromatic carbocycles. The number of nitrogens with one attached hydrogen (secondary N) is 1. The number of amides is 1. The zero-order chi connectivity index (χ0) is 30.8. The van der Waals surface area contributed by atoms with E-state index in [1.165, 1.54) is 30.5 Å². The number of benzene rings is 3. The molecule has 1 aromatic heterocycles. The molecule has 0 bridgehead atoms. The van der Waals surface area contributed by atoms with Crippen LogP contribution in [0.3, 0.4) is 0 Å². The normalized spacial score (nSPS) is 16.9. The van der Waals surface area contributed by atoms with Crippen LogP contribution in [-0.4, -0.2) is 67.8 Å². The fourth-order valence-electron chi connectivity index (χ4n) is 5.10. The van der Waals surface area contributed by atoms with Crippen molar-refractivity contribution in [2.45, 2.75) is 29.7 Å². The van der Waals surface area contributed by atoms with E-state index in [-0.39, 0.29) is 29.4 Å². The molecule has 1 N–H and O–H groups in total. The van der Waals surface area contributed by atoms with Gasteiger partial charge >= 0.3 is 0 Å². The van der Waals surface area contributed by atoms with Crippen LogP contribution in [0, 0.1) is 13.8 Å². The average Bonchev–Trinajstić information content (AvgIpc) is 3.29. The number of nitrogens with zero attached hydrogens (tertiary/aromatic N) is 4. The molecule has 1 atom stereocenters. The fraction of sp³-hybridized carbons (Fsp3) is 0.200. The molecule has 1 amide bonds. The van der Waals surface area contributed by atoms with E-state index in [0.717, 1.165) is 31.2 Å². The third-order valence-electron chi connectivity index (χ3n) is 7.24. The molecule has 5 rings (SSSR count). The number of aromatic nitrogens is 1. The quantitative estimate of drug-likeness (QED) is 0.231. The lowest BCUT2D eigenvalue weighted by molar-refractivity contribution is -0.125. The molecule has 1 saturated heterocycles. The van der Waals surface area contributed by atoms with Crippen molar-refractivity contribution in [3.05, 3.63) is 113 Å². The Kier molecular flexibility index (Phi) is 8.86. The predicted octanol–water partition coefficient (Wildman–Crippen LogP) is 3.96. The van der Waals surface area contributed by atoms with E-state index in [1.54, 1.807) is 42.5 Å². The van der Waals surface area contributed by atoms with Gasteiger partial charge in [-0.05, 0) is 62.4 Å². The van der Waals surface area contributed by atoms with Crippen molar-refractivity contribution < 1.29 is 21.6 Å². The van der Waals surface area contributed by atoms with Gasteiger partial charge in [0, 0.05) is 47.3 Å². The minimum absolute atomic E-state index is 0.00382. The van der Waals surface area contributed by atoms with Gasteiger partial charge in [-0.3, -0.25) is 4.79 Å². The molecular weight excluding hydrogens is 610 g/mol. The number of rotatable bonds is 8. The van der Waals surface area contributed by atoms with E-state index >= 15 is 0 Å². The highest BCUT2D eigenvalue weighted by Gasteiger charge is 2.43. The Morgan fingerprint density at radius 1 is 0.860 bits per heavy atom. The average molecular weight is 640 g/mol. The van der Waals surface area contributed by atoms with E-state index in [2.05, 4.69) is 10.5 Å². The molecule has 2 heterocycles. The maximum absolute atomic E-state index is 13.6. The van der Waals surface area contributed by atoms with Gasteiger partial charge in [0.25, 0.3) is 5.91 Å².